The SMILES string of the molecule is CCC(C)N(CCc1nc(-c2ccc(Br)cc2)no1)C(=O)Cc1ccc(F)cc1. The molecule has 5 nitrogen and oxygen atoms in total. The van der Waals surface area contributed by atoms with Crippen molar-refractivity contribution in [3.8, 4) is 11.4 Å². The molecule has 1 amide bonds. The normalized spacial score (nSPS) is 12.0. The van der Waals surface area contributed by atoms with Gasteiger partial charge in [0.2, 0.25) is 17.6 Å². The predicted octanol–water partition coefficient (Wildman–Crippen LogP) is 5.05. The number of nitrogens with zero attached hydrogens (tertiary/aromatic N) is 3. The summed E-state index contributed by atoms with van der Waals surface area (Å²) in [6, 6.07) is 13.8. The van der Waals surface area contributed by atoms with E-state index in [0.29, 0.717) is 24.7 Å². The largest absolute Gasteiger partial charge is 0.339 e. The van der Waals surface area contributed by atoms with Gasteiger partial charge in [-0.2, -0.15) is 4.98 Å². The molecule has 7 heteroatoms. The number of carbonyl (C=O) groups is 1. The van der Waals surface area contributed by atoms with Gasteiger partial charge < -0.3 is 9.42 Å². The Balaban J connectivity index is 1.65. The van der Waals surface area contributed by atoms with Crippen LogP contribution in [0.2, 0.25) is 0 Å². The molecule has 0 spiro atoms. The quantitative estimate of drug-likeness (QED) is 0.472. The molecule has 0 aliphatic carbocycles. The number of aromatic nitrogens is 2. The number of hydrogen-bond donors (Lipinski definition) is 0. The van der Waals surface area contributed by atoms with Gasteiger partial charge in [0.15, 0.2) is 0 Å². The van der Waals surface area contributed by atoms with Crippen LogP contribution in [0.3, 0.4) is 0 Å². The maximum Gasteiger partial charge on any atom is 0.228 e. The molecule has 0 bridgehead atoms. The molecule has 1 unspecified atom stereocenters. The van der Waals surface area contributed by atoms with Crippen LogP contribution >= 0.6 is 15.9 Å². The number of carbonyl (C=O) groups excluding carboxylic acids is 1. The molecule has 0 saturated heterocycles. The van der Waals surface area contributed by atoms with Crippen LogP contribution < -0.4 is 0 Å². The van der Waals surface area contributed by atoms with E-state index in [4.69, 9.17) is 4.52 Å². The minimum Gasteiger partial charge on any atom is -0.339 e. The molecule has 29 heavy (non-hydrogen) atoms. The van der Waals surface area contributed by atoms with Gasteiger partial charge in [-0.1, -0.05) is 40.1 Å². The van der Waals surface area contributed by atoms with Crippen LogP contribution in [0.5, 0.6) is 0 Å². The third kappa shape index (κ3) is 5.73. The highest BCUT2D eigenvalue weighted by molar-refractivity contribution is 9.10. The fourth-order valence-electron chi connectivity index (χ4n) is 2.98. The molecule has 0 aliphatic rings. The number of benzene rings is 2. The molecular formula is C22H23BrFN3O2. The zero-order valence-electron chi connectivity index (χ0n) is 16.4. The summed E-state index contributed by atoms with van der Waals surface area (Å²) in [7, 11) is 0. The Hall–Kier alpha value is -2.54. The third-order valence-electron chi connectivity index (χ3n) is 4.85. The summed E-state index contributed by atoms with van der Waals surface area (Å²) in [4.78, 5) is 19.1. The van der Waals surface area contributed by atoms with Crippen molar-refractivity contribution in [3.05, 3.63) is 70.3 Å². The third-order valence-corrected chi connectivity index (χ3v) is 5.38. The molecule has 0 aliphatic heterocycles. The molecule has 2 aromatic carbocycles. The molecule has 3 aromatic rings. The van der Waals surface area contributed by atoms with Crippen LogP contribution in [0, 0.1) is 5.82 Å². The van der Waals surface area contributed by atoms with Gasteiger partial charge in [0, 0.05) is 29.0 Å². The van der Waals surface area contributed by atoms with Crippen LogP contribution in [0.4, 0.5) is 4.39 Å². The van der Waals surface area contributed by atoms with Crippen molar-refractivity contribution in [2.45, 2.75) is 39.2 Å². The Bertz CT molecular complexity index is 941. The summed E-state index contributed by atoms with van der Waals surface area (Å²) in [6.07, 6.45) is 1.55. The van der Waals surface area contributed by atoms with Crippen molar-refractivity contribution in [1.29, 1.82) is 0 Å². The van der Waals surface area contributed by atoms with Crippen LogP contribution in [0.1, 0.15) is 31.7 Å². The Morgan fingerprint density at radius 3 is 2.52 bits per heavy atom. The number of amides is 1. The summed E-state index contributed by atoms with van der Waals surface area (Å²) < 4.78 is 19.4. The minimum absolute atomic E-state index is 0.00129. The molecule has 152 valence electrons. The summed E-state index contributed by atoms with van der Waals surface area (Å²) >= 11 is 3.40. The Labute approximate surface area is 178 Å². The van der Waals surface area contributed by atoms with Gasteiger partial charge in [0.05, 0.1) is 6.42 Å². The molecule has 0 radical (unpaired) electrons. The van der Waals surface area contributed by atoms with E-state index in [2.05, 4.69) is 26.1 Å². The topological polar surface area (TPSA) is 59.2 Å². The van der Waals surface area contributed by atoms with Crippen LogP contribution in [0.15, 0.2) is 57.5 Å². The molecular weight excluding hydrogens is 437 g/mol. The molecule has 1 aromatic heterocycles. The predicted molar refractivity (Wildman–Crippen MR) is 113 cm³/mol. The van der Waals surface area contributed by atoms with E-state index < -0.39 is 0 Å². The van der Waals surface area contributed by atoms with Crippen molar-refractivity contribution >= 4 is 21.8 Å². The molecule has 3 rings (SSSR count). The fraction of sp³-hybridized carbons (Fsp3) is 0.318. The van der Waals surface area contributed by atoms with Gasteiger partial charge in [0.1, 0.15) is 5.82 Å². The summed E-state index contributed by atoms with van der Waals surface area (Å²) in [5.74, 6) is 0.711. The van der Waals surface area contributed by atoms with Gasteiger partial charge in [-0.3, -0.25) is 4.79 Å². The van der Waals surface area contributed by atoms with E-state index in [0.717, 1.165) is 22.0 Å². The highest BCUT2D eigenvalue weighted by Gasteiger charge is 2.20. The van der Waals surface area contributed by atoms with E-state index in [1.807, 2.05) is 43.0 Å². The van der Waals surface area contributed by atoms with E-state index in [1.165, 1.54) is 12.1 Å². The van der Waals surface area contributed by atoms with Crippen molar-refractivity contribution in [2.24, 2.45) is 0 Å². The average Bonchev–Trinajstić information content (AvgIpc) is 3.19. The van der Waals surface area contributed by atoms with E-state index in [9.17, 15) is 9.18 Å². The second-order valence-electron chi connectivity index (χ2n) is 6.92. The summed E-state index contributed by atoms with van der Waals surface area (Å²) in [6.45, 7) is 4.54. The minimum atomic E-state index is -0.307. The Kier molecular flexibility index (Phi) is 7.14. The van der Waals surface area contributed by atoms with Crippen molar-refractivity contribution in [3.63, 3.8) is 0 Å². The standard InChI is InChI=1S/C22H23BrFN3O2/c1-3-15(2)27(21(28)14-16-4-10-19(24)11-5-16)13-12-20-25-22(26-29-20)17-6-8-18(23)9-7-17/h4-11,15H,3,12-14H2,1-2H3. The smallest absolute Gasteiger partial charge is 0.228 e. The highest BCUT2D eigenvalue weighted by atomic mass is 79.9. The summed E-state index contributed by atoms with van der Waals surface area (Å²) in [5.41, 5.74) is 1.66. The average molecular weight is 460 g/mol. The van der Waals surface area contributed by atoms with Crippen molar-refractivity contribution in [2.75, 3.05) is 6.54 Å². The lowest BCUT2D eigenvalue weighted by atomic mass is 10.1. The zero-order valence-corrected chi connectivity index (χ0v) is 18.0. The monoisotopic (exact) mass is 459 g/mol. The van der Waals surface area contributed by atoms with E-state index in [1.54, 1.807) is 12.1 Å². The number of halogens is 2. The maximum absolute atomic E-state index is 13.1. The molecule has 0 N–H and O–H groups in total. The van der Waals surface area contributed by atoms with Crippen LogP contribution in [-0.2, 0) is 17.6 Å². The van der Waals surface area contributed by atoms with Gasteiger partial charge in [-0.15, -0.1) is 0 Å². The van der Waals surface area contributed by atoms with E-state index >= 15 is 0 Å². The second-order valence-corrected chi connectivity index (χ2v) is 7.83. The van der Waals surface area contributed by atoms with Gasteiger partial charge >= 0.3 is 0 Å². The number of hydrogen-bond acceptors (Lipinski definition) is 4. The highest BCUT2D eigenvalue weighted by Crippen LogP contribution is 2.19. The van der Waals surface area contributed by atoms with E-state index in [-0.39, 0.29) is 24.2 Å². The van der Waals surface area contributed by atoms with Gasteiger partial charge in [-0.05, 0) is 55.3 Å². The van der Waals surface area contributed by atoms with Gasteiger partial charge in [0.25, 0.3) is 0 Å². The lowest BCUT2D eigenvalue weighted by Gasteiger charge is -2.28. The molecule has 1 atom stereocenters. The molecule has 0 saturated carbocycles. The van der Waals surface area contributed by atoms with Crippen molar-refractivity contribution in [1.82, 2.24) is 15.0 Å². The van der Waals surface area contributed by atoms with Gasteiger partial charge in [-0.25, -0.2) is 4.39 Å². The lowest BCUT2D eigenvalue weighted by molar-refractivity contribution is -0.132. The first-order valence-electron chi connectivity index (χ1n) is 9.58. The Morgan fingerprint density at radius 1 is 1.17 bits per heavy atom. The first-order chi connectivity index (χ1) is 14.0. The summed E-state index contributed by atoms with van der Waals surface area (Å²) in [5, 5.41) is 4.04. The van der Waals surface area contributed by atoms with Crippen LogP contribution in [0.25, 0.3) is 11.4 Å². The zero-order chi connectivity index (χ0) is 20.8. The fourth-order valence-corrected chi connectivity index (χ4v) is 3.24. The Morgan fingerprint density at radius 2 is 1.86 bits per heavy atom. The molecule has 0 fully saturated rings. The molecule has 1 heterocycles. The van der Waals surface area contributed by atoms with Crippen molar-refractivity contribution < 1.29 is 13.7 Å². The first kappa shape index (κ1) is 21.2. The first-order valence-corrected chi connectivity index (χ1v) is 10.4. The maximum atomic E-state index is 13.1. The van der Waals surface area contributed by atoms with Crippen LogP contribution in [-0.4, -0.2) is 33.5 Å². The lowest BCUT2D eigenvalue weighted by Crippen LogP contribution is -2.40. The number of rotatable bonds is 8. The second kappa shape index (κ2) is 9.78.